The number of alkyl halides is 2. The third-order valence-corrected chi connectivity index (χ3v) is 10.8. The van der Waals surface area contributed by atoms with Crippen LogP contribution in [0.3, 0.4) is 0 Å². The zero-order valence-electron chi connectivity index (χ0n) is 26.7. The van der Waals surface area contributed by atoms with Crippen LogP contribution < -0.4 is 10.6 Å². The maximum Gasteiger partial charge on any atom is 0.399 e. The van der Waals surface area contributed by atoms with Crippen molar-refractivity contribution in [1.29, 1.82) is 0 Å². The molecule has 2 aromatic carbocycles. The highest BCUT2D eigenvalue weighted by atomic mass is 31.2. The number of hydrogen-bond donors (Lipinski definition) is 5. The van der Waals surface area contributed by atoms with E-state index in [1.807, 2.05) is 30.3 Å². The van der Waals surface area contributed by atoms with Gasteiger partial charge in [0.2, 0.25) is 17.7 Å². The van der Waals surface area contributed by atoms with Gasteiger partial charge >= 0.3 is 13.3 Å². The molecule has 4 heterocycles. The van der Waals surface area contributed by atoms with Crippen LogP contribution in [0, 0.1) is 0 Å². The van der Waals surface area contributed by atoms with E-state index >= 15 is 0 Å². The van der Waals surface area contributed by atoms with E-state index in [4.69, 9.17) is 14.5 Å². The first-order chi connectivity index (χ1) is 23.2. The van der Waals surface area contributed by atoms with Crippen molar-refractivity contribution >= 4 is 42.1 Å². The van der Waals surface area contributed by atoms with Crippen LogP contribution in [0.1, 0.15) is 60.6 Å². The van der Waals surface area contributed by atoms with Gasteiger partial charge in [-0.25, -0.2) is 0 Å². The summed E-state index contributed by atoms with van der Waals surface area (Å²) < 4.78 is 45.7. The highest BCUT2D eigenvalue weighted by Gasteiger charge is 2.51. The van der Waals surface area contributed by atoms with Crippen LogP contribution >= 0.6 is 7.60 Å². The summed E-state index contributed by atoms with van der Waals surface area (Å²) in [5.41, 5.74) is -4.97. The summed E-state index contributed by atoms with van der Waals surface area (Å²) in [7, 11) is -5.82. The average Bonchev–Trinajstić information content (AvgIpc) is 3.69. The molecule has 3 aliphatic rings. The molecule has 0 aliphatic carbocycles. The van der Waals surface area contributed by atoms with Gasteiger partial charge in [-0.1, -0.05) is 36.4 Å². The Morgan fingerprint density at radius 2 is 1.76 bits per heavy atom. The van der Waals surface area contributed by atoms with Crippen molar-refractivity contribution in [2.24, 2.45) is 0 Å². The lowest BCUT2D eigenvalue weighted by molar-refractivity contribution is -0.146. The number of ether oxygens (including phenoxy) is 1. The third kappa shape index (κ3) is 6.72. The van der Waals surface area contributed by atoms with Crippen molar-refractivity contribution in [3.05, 3.63) is 71.4 Å². The Hall–Kier alpha value is -4.17. The van der Waals surface area contributed by atoms with E-state index < -0.39 is 48.3 Å². The number of fused-ring (bicyclic) bond motifs is 2. The number of carbonyl (C=O) groups is 4. The summed E-state index contributed by atoms with van der Waals surface area (Å²) in [5.74, 6) is -1.90. The zero-order chi connectivity index (χ0) is 35.1. The number of nitrogens with one attached hydrogen (secondary N) is 3. The van der Waals surface area contributed by atoms with Crippen LogP contribution in [0.5, 0.6) is 0 Å². The van der Waals surface area contributed by atoms with Gasteiger partial charge in [-0.3, -0.25) is 23.7 Å². The lowest BCUT2D eigenvalue weighted by Gasteiger charge is -2.41. The second-order valence-corrected chi connectivity index (χ2v) is 14.5. The molecular formula is C33H38F2N5O8P. The minimum absolute atomic E-state index is 0.0851. The second-order valence-electron chi connectivity index (χ2n) is 12.9. The molecule has 13 nitrogen and oxygen atoms in total. The normalized spacial score (nSPS) is 23.0. The van der Waals surface area contributed by atoms with Crippen molar-refractivity contribution in [1.82, 2.24) is 25.4 Å². The highest BCUT2D eigenvalue weighted by molar-refractivity contribution is 7.52. The van der Waals surface area contributed by atoms with Crippen molar-refractivity contribution in [2.45, 2.75) is 68.4 Å². The molecular weight excluding hydrogens is 663 g/mol. The Balaban J connectivity index is 1.25. The van der Waals surface area contributed by atoms with Crippen molar-refractivity contribution in [3.63, 3.8) is 0 Å². The SMILES string of the molecule is CC(=O)N1CC[C@H]2CC[C@@H](C(=O)NC3(c4ccccc4)CCOCC3)N2C(=O)[C@@H](NC(=O)c2cc3cc(C(F)(F)P(=O)(O)O)ccc3[nH]2)C1. The van der Waals surface area contributed by atoms with Gasteiger partial charge in [0.1, 0.15) is 17.8 Å². The lowest BCUT2D eigenvalue weighted by atomic mass is 9.82. The Morgan fingerprint density at radius 1 is 1.04 bits per heavy atom. The van der Waals surface area contributed by atoms with E-state index in [0.717, 1.165) is 17.7 Å². The monoisotopic (exact) mass is 701 g/mol. The standard InChI is InChI=1S/C33H38F2N5O8P/c1-20(41)39-14-11-24-8-10-28(30(43)38-32(12-15-48-16-13-32)22-5-3-2-4-6-22)40(24)31(44)27(19-39)37-29(42)26-18-21-17-23(7-9-25(21)36-26)33(34,35)49(45,46)47/h2-7,9,17-18,24,27-28,36H,8,10-16,19H2,1H3,(H,37,42)(H,38,43)(H2,45,46,47)/t24-,27+,28+/m1/s1. The van der Waals surface area contributed by atoms with Crippen LogP contribution in [-0.4, -0.2) is 92.6 Å². The second kappa shape index (κ2) is 13.3. The number of halogens is 2. The molecule has 0 unspecified atom stereocenters. The Kier molecular flexibility index (Phi) is 9.40. The molecule has 16 heteroatoms. The van der Waals surface area contributed by atoms with Crippen molar-refractivity contribution in [2.75, 3.05) is 26.3 Å². The molecule has 262 valence electrons. The fourth-order valence-electron chi connectivity index (χ4n) is 7.15. The number of H-pyrrole nitrogens is 1. The van der Waals surface area contributed by atoms with Gasteiger partial charge < -0.3 is 39.9 Å². The van der Waals surface area contributed by atoms with Gasteiger partial charge in [-0.05, 0) is 55.9 Å². The van der Waals surface area contributed by atoms with Crippen LogP contribution in [-0.2, 0) is 34.9 Å². The van der Waals surface area contributed by atoms with Gasteiger partial charge in [-0.15, -0.1) is 0 Å². The predicted molar refractivity (Wildman–Crippen MR) is 172 cm³/mol. The van der Waals surface area contributed by atoms with Gasteiger partial charge in [0.15, 0.2) is 0 Å². The van der Waals surface area contributed by atoms with Crippen molar-refractivity contribution in [3.8, 4) is 0 Å². The summed E-state index contributed by atoms with van der Waals surface area (Å²) in [6.45, 7) is 2.44. The van der Waals surface area contributed by atoms with Gasteiger partial charge in [0.25, 0.3) is 5.91 Å². The van der Waals surface area contributed by atoms with E-state index in [1.165, 1.54) is 28.9 Å². The van der Waals surface area contributed by atoms with Gasteiger partial charge in [0, 0.05) is 55.7 Å². The summed E-state index contributed by atoms with van der Waals surface area (Å²) in [5, 5.41) is 6.02. The fraction of sp³-hybridized carbons (Fsp3) is 0.455. The van der Waals surface area contributed by atoms with Crippen LogP contribution in [0.25, 0.3) is 10.9 Å². The molecule has 6 rings (SSSR count). The topological polar surface area (TPSA) is 181 Å². The number of amides is 4. The molecule has 0 saturated carbocycles. The minimum atomic E-state index is -5.82. The molecule has 1 aromatic heterocycles. The third-order valence-electron chi connectivity index (χ3n) is 9.86. The molecule has 0 radical (unpaired) electrons. The number of hydrogen-bond acceptors (Lipinski definition) is 6. The summed E-state index contributed by atoms with van der Waals surface area (Å²) >= 11 is 0. The maximum atomic E-state index is 14.4. The lowest BCUT2D eigenvalue weighted by Crippen LogP contribution is -2.62. The smallest absolute Gasteiger partial charge is 0.381 e. The highest BCUT2D eigenvalue weighted by Crippen LogP contribution is 2.59. The number of aromatic amines is 1. The largest absolute Gasteiger partial charge is 0.399 e. The molecule has 3 atom stereocenters. The van der Waals surface area contributed by atoms with Crippen LogP contribution in [0.4, 0.5) is 8.78 Å². The fourth-order valence-corrected chi connectivity index (χ4v) is 7.63. The molecule has 49 heavy (non-hydrogen) atoms. The average molecular weight is 702 g/mol. The van der Waals surface area contributed by atoms with Crippen molar-refractivity contribution < 1.29 is 47.0 Å². The maximum absolute atomic E-state index is 14.4. The zero-order valence-corrected chi connectivity index (χ0v) is 27.6. The molecule has 5 N–H and O–H groups in total. The Morgan fingerprint density at radius 3 is 2.43 bits per heavy atom. The van der Waals surface area contributed by atoms with E-state index in [2.05, 4.69) is 15.6 Å². The molecule has 4 amide bonds. The summed E-state index contributed by atoms with van der Waals surface area (Å²) in [4.78, 5) is 78.5. The van der Waals surface area contributed by atoms with E-state index in [1.54, 1.807) is 0 Å². The predicted octanol–water partition coefficient (Wildman–Crippen LogP) is 2.93. The molecule has 3 aliphatic heterocycles. The van der Waals surface area contributed by atoms with E-state index in [9.17, 15) is 32.5 Å². The van der Waals surface area contributed by atoms with E-state index in [-0.39, 0.29) is 41.0 Å². The molecule has 0 bridgehead atoms. The first kappa shape index (κ1) is 34.7. The first-order valence-electron chi connectivity index (χ1n) is 16.1. The van der Waals surface area contributed by atoms with Gasteiger partial charge in [-0.2, -0.15) is 8.78 Å². The van der Waals surface area contributed by atoms with E-state index in [0.29, 0.717) is 51.9 Å². The molecule has 3 fully saturated rings. The van der Waals surface area contributed by atoms with Gasteiger partial charge in [0.05, 0.1) is 5.54 Å². The quantitative estimate of drug-likeness (QED) is 0.233. The molecule has 3 saturated heterocycles. The number of carbonyl (C=O) groups excluding carboxylic acids is 4. The number of benzene rings is 2. The number of aromatic nitrogens is 1. The number of nitrogens with zero attached hydrogens (tertiary/aromatic N) is 2. The molecule has 0 spiro atoms. The summed E-state index contributed by atoms with van der Waals surface area (Å²) in [6.07, 6.45) is 2.50. The van der Waals surface area contributed by atoms with Crippen LogP contribution in [0.2, 0.25) is 0 Å². The van der Waals surface area contributed by atoms with Crippen LogP contribution in [0.15, 0.2) is 54.6 Å². The Labute approximate surface area is 280 Å². The number of rotatable bonds is 7. The Bertz CT molecular complexity index is 1810. The molecule has 3 aromatic rings. The summed E-state index contributed by atoms with van der Waals surface area (Å²) in [6, 6.07) is 11.3. The minimum Gasteiger partial charge on any atom is -0.381 e. The first-order valence-corrected chi connectivity index (χ1v) is 17.7.